The van der Waals surface area contributed by atoms with Crippen LogP contribution in [-0.4, -0.2) is 75.3 Å². The highest BCUT2D eigenvalue weighted by Crippen LogP contribution is 2.34. The number of anilines is 2. The molecule has 334 valence electrons. The number of nitrogen functional groups attached to an aromatic ring is 2. The summed E-state index contributed by atoms with van der Waals surface area (Å²) < 4.78 is 3.91. The fraction of sp³-hybridized carbons (Fsp3) is 0.128. The summed E-state index contributed by atoms with van der Waals surface area (Å²) in [6, 6.07) is 26.2. The molecule has 0 aliphatic heterocycles. The van der Waals surface area contributed by atoms with Crippen LogP contribution in [0.5, 0.6) is 0 Å². The Kier molecular flexibility index (Phi) is 13.5. The van der Waals surface area contributed by atoms with Crippen LogP contribution in [0.1, 0.15) is 48.1 Å². The van der Waals surface area contributed by atoms with Crippen LogP contribution in [0.3, 0.4) is 0 Å². The second kappa shape index (κ2) is 20.1. The predicted octanol–water partition coefficient (Wildman–Crippen LogP) is 6.89. The van der Waals surface area contributed by atoms with Gasteiger partial charge in [0.1, 0.15) is 39.0 Å². The molecule has 8 heterocycles. The highest BCUT2D eigenvalue weighted by molar-refractivity contribution is 9.10. The maximum absolute atomic E-state index is 13.1. The van der Waals surface area contributed by atoms with Gasteiger partial charge in [-0.3, -0.25) is 24.1 Å². The van der Waals surface area contributed by atoms with E-state index >= 15 is 0 Å². The van der Waals surface area contributed by atoms with Gasteiger partial charge in [0, 0.05) is 85.6 Å². The van der Waals surface area contributed by atoms with Gasteiger partial charge in [0.25, 0.3) is 5.91 Å². The van der Waals surface area contributed by atoms with Gasteiger partial charge < -0.3 is 22.5 Å². The van der Waals surface area contributed by atoms with E-state index in [0.717, 1.165) is 44.3 Å². The van der Waals surface area contributed by atoms with Crippen LogP contribution in [0.15, 0.2) is 139 Å². The first-order valence-corrected chi connectivity index (χ1v) is 21.5. The van der Waals surface area contributed by atoms with Crippen LogP contribution >= 0.6 is 15.9 Å². The van der Waals surface area contributed by atoms with Crippen molar-refractivity contribution in [3.63, 3.8) is 0 Å². The highest BCUT2D eigenvalue weighted by Gasteiger charge is 2.23. The lowest BCUT2D eigenvalue weighted by molar-refractivity contribution is 0.0934. The second-order valence-electron chi connectivity index (χ2n) is 15.0. The van der Waals surface area contributed by atoms with E-state index in [0.29, 0.717) is 44.8 Å². The minimum atomic E-state index is -0.471. The third kappa shape index (κ3) is 10.6. The lowest BCUT2D eigenvalue weighted by atomic mass is 10.0. The molecule has 0 spiro atoms. The van der Waals surface area contributed by atoms with Crippen molar-refractivity contribution in [2.45, 2.75) is 25.9 Å². The van der Waals surface area contributed by atoms with Gasteiger partial charge in [-0.05, 0) is 90.4 Å². The predicted molar refractivity (Wildman–Crippen MR) is 259 cm³/mol. The molecule has 7 N–H and O–H groups in total. The van der Waals surface area contributed by atoms with Gasteiger partial charge in [-0.2, -0.15) is 10.2 Å². The topological polar surface area (TPSA) is 272 Å². The minimum Gasteiger partial charge on any atom is -0.382 e. The number of nitrogens with two attached hydrogens (primary N) is 3. The molecule has 1 amide bonds. The van der Waals surface area contributed by atoms with Crippen LogP contribution in [0.2, 0.25) is 0 Å². The highest BCUT2D eigenvalue weighted by atomic mass is 79.9. The number of amides is 1. The summed E-state index contributed by atoms with van der Waals surface area (Å²) in [5, 5.41) is 13.7. The number of aryl methyl sites for hydroxylation is 2. The summed E-state index contributed by atoms with van der Waals surface area (Å²) in [6.07, 6.45) is 13.8. The summed E-state index contributed by atoms with van der Waals surface area (Å²) in [7, 11) is 3.68. The first-order chi connectivity index (χ1) is 32.4. The molecule has 19 nitrogen and oxygen atoms in total. The SMILES string of the molecule is CC(N)c1ncccn1.CC(NC(=O)c1nc(-c2ccc3ncccc3c2)c(-c2ccn(C)n2)nc1N)c1ncccn1.Cn1ccc(-c2nc(N)c(Br)nc2-c2ccc3ncccc3c2)n1. The van der Waals surface area contributed by atoms with Crippen molar-refractivity contribution in [3.05, 3.63) is 156 Å². The number of carbonyl (C=O) groups is 1. The smallest absolute Gasteiger partial charge is 0.274 e. The normalized spacial score (nSPS) is 11.8. The first-order valence-electron chi connectivity index (χ1n) is 20.7. The van der Waals surface area contributed by atoms with Crippen molar-refractivity contribution in [1.29, 1.82) is 0 Å². The fourth-order valence-corrected chi connectivity index (χ4v) is 7.01. The van der Waals surface area contributed by atoms with Crippen molar-refractivity contribution in [2.75, 3.05) is 11.5 Å². The molecule has 0 saturated carbocycles. The third-order valence-corrected chi connectivity index (χ3v) is 10.6. The molecule has 0 radical (unpaired) electrons. The largest absolute Gasteiger partial charge is 0.382 e. The molecule has 10 aromatic rings. The van der Waals surface area contributed by atoms with E-state index in [2.05, 4.69) is 81.3 Å². The van der Waals surface area contributed by atoms with E-state index in [4.69, 9.17) is 17.2 Å². The van der Waals surface area contributed by atoms with E-state index in [9.17, 15) is 4.79 Å². The monoisotopic (exact) mass is 954 g/mol. The molecule has 0 fully saturated rings. The van der Waals surface area contributed by atoms with E-state index in [1.807, 2.05) is 106 Å². The number of rotatable bonds is 8. The molecule has 0 bridgehead atoms. The van der Waals surface area contributed by atoms with E-state index in [1.54, 1.807) is 65.6 Å². The van der Waals surface area contributed by atoms with Crippen LogP contribution in [0.4, 0.5) is 11.6 Å². The summed E-state index contributed by atoms with van der Waals surface area (Å²) in [4.78, 5) is 56.4. The average Bonchev–Trinajstić information content (AvgIpc) is 4.00. The Morgan fingerprint density at radius 1 is 0.582 bits per heavy atom. The standard InChI is InChI=1S/C24H21N9O.C17H13BrN6.C6H9N3/c1-14(23-27-10-4-11-28-23)29-24(34)21-22(25)31-20(18-8-12-33(2)32-18)19(30-21)16-6-7-17-15(13-16)5-3-9-26-17;1-24-8-6-13(23-24)15-14(21-16(18)17(19)22-15)11-4-5-12-10(9-11)3-2-7-20-12;1-5(7)6-8-3-2-4-9-6/h3-14H,1-2H3,(H2,25,31)(H,29,34);2-9H,1H3,(H2,19,22);2-5H,7H2,1H3. The number of hydrogen-bond acceptors (Lipinski definition) is 16. The average molecular weight is 956 g/mol. The molecule has 0 aliphatic rings. The zero-order valence-electron chi connectivity index (χ0n) is 36.6. The number of aromatic nitrogens is 14. The Bertz CT molecular complexity index is 3330. The first kappa shape index (κ1) is 45.1. The Balaban J connectivity index is 0.000000159. The molecule has 2 atom stereocenters. The second-order valence-corrected chi connectivity index (χ2v) is 15.8. The fourth-order valence-electron chi connectivity index (χ4n) is 6.74. The summed E-state index contributed by atoms with van der Waals surface area (Å²) in [5.74, 6) is 1.04. The third-order valence-electron chi connectivity index (χ3n) is 9.99. The van der Waals surface area contributed by atoms with Gasteiger partial charge in [-0.1, -0.05) is 24.3 Å². The Labute approximate surface area is 392 Å². The van der Waals surface area contributed by atoms with Crippen molar-refractivity contribution < 1.29 is 4.79 Å². The molecule has 20 heteroatoms. The number of fused-ring (bicyclic) bond motifs is 2. The van der Waals surface area contributed by atoms with Crippen molar-refractivity contribution in [3.8, 4) is 45.3 Å². The molecule has 10 rings (SSSR count). The molecular formula is C47H43BrN18O. The van der Waals surface area contributed by atoms with Gasteiger partial charge in [-0.25, -0.2) is 39.9 Å². The van der Waals surface area contributed by atoms with Gasteiger partial charge in [0.15, 0.2) is 17.3 Å². The zero-order valence-corrected chi connectivity index (χ0v) is 38.2. The number of carbonyl (C=O) groups excluding carboxylic acids is 1. The lowest BCUT2D eigenvalue weighted by Gasteiger charge is -2.15. The quantitative estimate of drug-likeness (QED) is 0.121. The van der Waals surface area contributed by atoms with Crippen LogP contribution in [-0.2, 0) is 14.1 Å². The number of nitrogens with one attached hydrogen (secondary N) is 1. The molecular weight excluding hydrogens is 913 g/mol. The Hall–Kier alpha value is -8.49. The lowest BCUT2D eigenvalue weighted by Crippen LogP contribution is -2.29. The van der Waals surface area contributed by atoms with Crippen LogP contribution in [0, 0.1) is 0 Å². The number of pyridine rings is 2. The maximum Gasteiger partial charge on any atom is 0.274 e. The molecule has 0 aliphatic carbocycles. The van der Waals surface area contributed by atoms with Crippen molar-refractivity contribution in [1.82, 2.24) is 74.7 Å². The van der Waals surface area contributed by atoms with E-state index in [-0.39, 0.29) is 17.6 Å². The van der Waals surface area contributed by atoms with Gasteiger partial charge >= 0.3 is 0 Å². The molecule has 2 aromatic carbocycles. The van der Waals surface area contributed by atoms with Crippen molar-refractivity contribution in [2.24, 2.45) is 19.8 Å². The number of nitrogens with zero attached hydrogens (tertiary/aromatic N) is 14. The van der Waals surface area contributed by atoms with Crippen molar-refractivity contribution >= 4 is 55.3 Å². The molecule has 2 unspecified atom stereocenters. The number of hydrogen-bond donors (Lipinski definition) is 4. The Morgan fingerprint density at radius 3 is 1.54 bits per heavy atom. The number of halogens is 1. The summed E-state index contributed by atoms with van der Waals surface area (Å²) in [6.45, 7) is 3.64. The van der Waals surface area contributed by atoms with E-state index < -0.39 is 11.9 Å². The van der Waals surface area contributed by atoms with Gasteiger partial charge in [0.2, 0.25) is 0 Å². The van der Waals surface area contributed by atoms with Crippen LogP contribution in [0.25, 0.3) is 67.1 Å². The molecule has 8 aromatic heterocycles. The minimum absolute atomic E-state index is 0.00513. The zero-order chi connectivity index (χ0) is 47.0. The van der Waals surface area contributed by atoms with E-state index in [1.165, 1.54) is 0 Å². The van der Waals surface area contributed by atoms with Crippen LogP contribution < -0.4 is 22.5 Å². The maximum atomic E-state index is 13.1. The number of benzene rings is 2. The summed E-state index contributed by atoms with van der Waals surface area (Å²) >= 11 is 3.37. The van der Waals surface area contributed by atoms with Gasteiger partial charge in [-0.15, -0.1) is 0 Å². The molecule has 0 saturated heterocycles. The Morgan fingerprint density at radius 2 is 1.06 bits per heavy atom. The molecule has 67 heavy (non-hydrogen) atoms. The summed E-state index contributed by atoms with van der Waals surface area (Å²) in [5.41, 5.74) is 24.8. The van der Waals surface area contributed by atoms with Gasteiger partial charge in [0.05, 0.1) is 34.5 Å².